The van der Waals surface area contributed by atoms with E-state index in [1.807, 2.05) is 6.92 Å². The zero-order chi connectivity index (χ0) is 16.3. The molecule has 112 valence electrons. The number of anilines is 1. The summed E-state index contributed by atoms with van der Waals surface area (Å²) in [5, 5.41) is 20.7. The third-order valence-corrected chi connectivity index (χ3v) is 3.07. The van der Waals surface area contributed by atoms with E-state index < -0.39 is 23.4 Å². The van der Waals surface area contributed by atoms with Gasteiger partial charge in [-0.15, -0.1) is 0 Å². The molecule has 2 rings (SSSR count). The van der Waals surface area contributed by atoms with Crippen LogP contribution >= 0.6 is 0 Å². The normalized spacial score (nSPS) is 10.0. The second kappa shape index (κ2) is 6.09. The van der Waals surface area contributed by atoms with Gasteiger partial charge >= 0.3 is 11.9 Å². The average molecular weight is 299 g/mol. The topological polar surface area (TPSA) is 104 Å². The molecule has 0 aliphatic carbocycles. The van der Waals surface area contributed by atoms with Crippen LogP contribution in [0.15, 0.2) is 42.5 Å². The number of amides is 1. The molecule has 0 spiro atoms. The Morgan fingerprint density at radius 3 is 2.09 bits per heavy atom. The van der Waals surface area contributed by atoms with Crippen LogP contribution in [0.1, 0.15) is 36.6 Å². The SMILES string of the molecule is Cc1ccc(C(=O)Nc2cccc(C(=O)O)c2C(=O)O)cc1. The maximum atomic E-state index is 12.1. The molecule has 6 nitrogen and oxygen atoms in total. The molecular weight excluding hydrogens is 286 g/mol. The molecule has 0 saturated carbocycles. The minimum absolute atomic E-state index is 0.0574. The van der Waals surface area contributed by atoms with Gasteiger partial charge in [0.15, 0.2) is 0 Å². The lowest BCUT2D eigenvalue weighted by Crippen LogP contribution is -2.17. The van der Waals surface area contributed by atoms with Gasteiger partial charge in [-0.1, -0.05) is 23.8 Å². The van der Waals surface area contributed by atoms with Crippen molar-refractivity contribution < 1.29 is 24.6 Å². The van der Waals surface area contributed by atoms with Gasteiger partial charge in [-0.25, -0.2) is 9.59 Å². The van der Waals surface area contributed by atoms with Gasteiger partial charge in [0.25, 0.3) is 5.91 Å². The lowest BCUT2D eigenvalue weighted by molar-refractivity contribution is 0.0652. The zero-order valence-corrected chi connectivity index (χ0v) is 11.7. The van der Waals surface area contributed by atoms with Crippen molar-refractivity contribution in [1.29, 1.82) is 0 Å². The van der Waals surface area contributed by atoms with Crippen LogP contribution in [0, 0.1) is 6.92 Å². The Morgan fingerprint density at radius 2 is 1.55 bits per heavy atom. The fourth-order valence-electron chi connectivity index (χ4n) is 1.96. The monoisotopic (exact) mass is 299 g/mol. The van der Waals surface area contributed by atoms with E-state index in [9.17, 15) is 19.5 Å². The highest BCUT2D eigenvalue weighted by Crippen LogP contribution is 2.21. The molecule has 0 fully saturated rings. The molecule has 0 heterocycles. The number of aryl methyl sites for hydroxylation is 1. The van der Waals surface area contributed by atoms with Crippen LogP contribution in [-0.4, -0.2) is 28.1 Å². The summed E-state index contributed by atoms with van der Waals surface area (Å²) in [7, 11) is 0. The van der Waals surface area contributed by atoms with Crippen molar-refractivity contribution in [3.63, 3.8) is 0 Å². The number of carboxylic acid groups (broad SMARTS) is 2. The first kappa shape index (κ1) is 15.2. The molecule has 0 unspecified atom stereocenters. The summed E-state index contributed by atoms with van der Waals surface area (Å²) in [5.74, 6) is -3.30. The predicted octanol–water partition coefficient (Wildman–Crippen LogP) is 2.64. The largest absolute Gasteiger partial charge is 0.478 e. The molecule has 3 N–H and O–H groups in total. The number of carboxylic acids is 2. The second-order valence-corrected chi connectivity index (χ2v) is 4.66. The van der Waals surface area contributed by atoms with Gasteiger partial charge in [-0.3, -0.25) is 4.79 Å². The number of nitrogens with one attached hydrogen (secondary N) is 1. The van der Waals surface area contributed by atoms with Crippen LogP contribution < -0.4 is 5.32 Å². The zero-order valence-electron chi connectivity index (χ0n) is 11.7. The molecule has 0 bridgehead atoms. The molecule has 0 aliphatic rings. The van der Waals surface area contributed by atoms with E-state index in [1.165, 1.54) is 18.2 Å². The highest BCUT2D eigenvalue weighted by atomic mass is 16.4. The molecule has 0 aromatic heterocycles. The van der Waals surface area contributed by atoms with Crippen LogP contribution in [0.4, 0.5) is 5.69 Å². The lowest BCUT2D eigenvalue weighted by Gasteiger charge is -2.10. The van der Waals surface area contributed by atoms with Crippen molar-refractivity contribution in [2.45, 2.75) is 6.92 Å². The van der Waals surface area contributed by atoms with E-state index in [0.717, 1.165) is 5.56 Å². The number of carbonyl (C=O) groups excluding carboxylic acids is 1. The predicted molar refractivity (Wildman–Crippen MR) is 79.5 cm³/mol. The number of aromatic carboxylic acids is 2. The maximum absolute atomic E-state index is 12.1. The Morgan fingerprint density at radius 1 is 0.909 bits per heavy atom. The summed E-state index contributed by atoms with van der Waals surface area (Å²) in [6, 6.07) is 10.6. The third kappa shape index (κ3) is 3.12. The molecule has 1 amide bonds. The van der Waals surface area contributed by atoms with Gasteiger partial charge in [0.1, 0.15) is 0 Å². The minimum Gasteiger partial charge on any atom is -0.478 e. The van der Waals surface area contributed by atoms with Crippen molar-refractivity contribution >= 4 is 23.5 Å². The highest BCUT2D eigenvalue weighted by Gasteiger charge is 2.21. The smallest absolute Gasteiger partial charge is 0.338 e. The lowest BCUT2D eigenvalue weighted by atomic mass is 10.0. The van der Waals surface area contributed by atoms with Gasteiger partial charge in [-0.05, 0) is 31.2 Å². The fraction of sp³-hybridized carbons (Fsp3) is 0.0625. The van der Waals surface area contributed by atoms with Crippen molar-refractivity contribution in [3.05, 3.63) is 64.7 Å². The van der Waals surface area contributed by atoms with E-state index in [4.69, 9.17) is 5.11 Å². The minimum atomic E-state index is -1.42. The molecule has 2 aromatic rings. The van der Waals surface area contributed by atoms with Crippen LogP contribution in [0.3, 0.4) is 0 Å². The Labute approximate surface area is 126 Å². The van der Waals surface area contributed by atoms with Gasteiger partial charge in [0, 0.05) is 5.56 Å². The Bertz CT molecular complexity index is 750. The first-order valence-electron chi connectivity index (χ1n) is 6.37. The van der Waals surface area contributed by atoms with E-state index in [0.29, 0.717) is 5.56 Å². The number of hydrogen-bond donors (Lipinski definition) is 3. The molecule has 0 atom stereocenters. The second-order valence-electron chi connectivity index (χ2n) is 4.66. The van der Waals surface area contributed by atoms with E-state index in [-0.39, 0.29) is 11.3 Å². The van der Waals surface area contributed by atoms with Gasteiger partial charge in [-0.2, -0.15) is 0 Å². The Hall–Kier alpha value is -3.15. The summed E-state index contributed by atoms with van der Waals surface area (Å²) in [6.45, 7) is 1.88. The average Bonchev–Trinajstić information content (AvgIpc) is 2.47. The van der Waals surface area contributed by atoms with E-state index >= 15 is 0 Å². The molecule has 0 saturated heterocycles. The van der Waals surface area contributed by atoms with Gasteiger partial charge in [0.2, 0.25) is 0 Å². The quantitative estimate of drug-likeness (QED) is 0.805. The molecule has 0 radical (unpaired) electrons. The summed E-state index contributed by atoms with van der Waals surface area (Å²) in [5.41, 5.74) is 0.445. The number of carbonyl (C=O) groups is 3. The van der Waals surface area contributed by atoms with Crippen LogP contribution in [-0.2, 0) is 0 Å². The highest BCUT2D eigenvalue weighted by molar-refractivity contribution is 6.11. The van der Waals surface area contributed by atoms with Gasteiger partial charge in [0.05, 0.1) is 16.8 Å². The molecular formula is C16H13NO5. The van der Waals surface area contributed by atoms with E-state index in [1.54, 1.807) is 24.3 Å². The fourth-order valence-corrected chi connectivity index (χ4v) is 1.96. The van der Waals surface area contributed by atoms with Crippen molar-refractivity contribution in [2.75, 3.05) is 5.32 Å². The Kier molecular flexibility index (Phi) is 4.22. The van der Waals surface area contributed by atoms with Gasteiger partial charge < -0.3 is 15.5 Å². The summed E-state index contributed by atoms with van der Waals surface area (Å²) >= 11 is 0. The summed E-state index contributed by atoms with van der Waals surface area (Å²) in [4.78, 5) is 34.5. The van der Waals surface area contributed by atoms with Crippen molar-refractivity contribution in [2.24, 2.45) is 0 Å². The standard InChI is InChI=1S/C16H13NO5/c1-9-5-7-10(8-6-9)14(18)17-12-4-2-3-11(15(19)20)13(12)16(21)22/h2-8H,1H3,(H,17,18)(H,19,20)(H,21,22). The molecule has 2 aromatic carbocycles. The van der Waals surface area contributed by atoms with Crippen LogP contribution in [0.2, 0.25) is 0 Å². The summed E-state index contributed by atoms with van der Waals surface area (Å²) in [6.07, 6.45) is 0. The first-order chi connectivity index (χ1) is 10.4. The first-order valence-corrected chi connectivity index (χ1v) is 6.37. The third-order valence-electron chi connectivity index (χ3n) is 3.07. The number of rotatable bonds is 4. The maximum Gasteiger partial charge on any atom is 0.338 e. The van der Waals surface area contributed by atoms with E-state index in [2.05, 4.69) is 5.32 Å². The number of hydrogen-bond acceptors (Lipinski definition) is 3. The molecule has 0 aliphatic heterocycles. The molecule has 6 heteroatoms. The van der Waals surface area contributed by atoms with Crippen molar-refractivity contribution in [3.8, 4) is 0 Å². The van der Waals surface area contributed by atoms with Crippen LogP contribution in [0.25, 0.3) is 0 Å². The Balaban J connectivity index is 2.39. The summed E-state index contributed by atoms with van der Waals surface area (Å²) < 4.78 is 0. The molecule has 22 heavy (non-hydrogen) atoms. The number of benzene rings is 2. The van der Waals surface area contributed by atoms with Crippen LogP contribution in [0.5, 0.6) is 0 Å². The van der Waals surface area contributed by atoms with Crippen molar-refractivity contribution in [1.82, 2.24) is 0 Å².